The minimum atomic E-state index is -0.641. The maximum Gasteiger partial charge on any atom is 0.227 e. The molecule has 1 aromatic carbocycles. The first-order chi connectivity index (χ1) is 16.5. The molecule has 10 nitrogen and oxygen atoms in total. The van der Waals surface area contributed by atoms with Gasteiger partial charge >= 0.3 is 0 Å². The van der Waals surface area contributed by atoms with E-state index in [1.165, 1.54) is 17.1 Å². The maximum absolute atomic E-state index is 13.8. The molecule has 0 aliphatic carbocycles. The lowest BCUT2D eigenvalue weighted by Gasteiger charge is -2.46. The molecule has 4 heterocycles. The van der Waals surface area contributed by atoms with Gasteiger partial charge in [0.15, 0.2) is 5.82 Å². The molecule has 2 atom stereocenters. The summed E-state index contributed by atoms with van der Waals surface area (Å²) in [5.74, 6) is -0.0387. The average molecular weight is 483 g/mol. The molecule has 5 rings (SSSR count). The molecule has 0 N–H and O–H groups in total. The van der Waals surface area contributed by atoms with Crippen molar-refractivity contribution >= 4 is 17.5 Å². The third-order valence-corrected chi connectivity index (χ3v) is 6.58. The van der Waals surface area contributed by atoms with Gasteiger partial charge in [0.05, 0.1) is 30.2 Å². The molecule has 174 valence electrons. The average Bonchev–Trinajstić information content (AvgIpc) is 3.39. The van der Waals surface area contributed by atoms with Crippen LogP contribution in [0.3, 0.4) is 0 Å². The van der Waals surface area contributed by atoms with E-state index in [9.17, 15) is 14.4 Å². The van der Waals surface area contributed by atoms with E-state index in [0.717, 1.165) is 5.56 Å². The zero-order chi connectivity index (χ0) is 23.7. The van der Waals surface area contributed by atoms with Gasteiger partial charge in [0.1, 0.15) is 23.8 Å². The van der Waals surface area contributed by atoms with Crippen LogP contribution in [0.4, 0.5) is 4.39 Å². The highest BCUT2D eigenvalue weighted by molar-refractivity contribution is 6.32. The number of pyridine rings is 1. The van der Waals surface area contributed by atoms with Crippen LogP contribution < -0.4 is 0 Å². The molecule has 12 heteroatoms. The normalized spacial score (nSPS) is 20.6. The van der Waals surface area contributed by atoms with E-state index >= 15 is 0 Å². The van der Waals surface area contributed by atoms with Crippen LogP contribution in [-0.4, -0.2) is 79.7 Å². The third kappa shape index (κ3) is 4.35. The van der Waals surface area contributed by atoms with Crippen molar-refractivity contribution in [2.75, 3.05) is 32.8 Å². The highest BCUT2D eigenvalue weighted by atomic mass is 35.5. The number of fused-ring (bicyclic) bond motifs is 1. The molecule has 1 amide bonds. The van der Waals surface area contributed by atoms with Crippen LogP contribution in [0.5, 0.6) is 0 Å². The summed E-state index contributed by atoms with van der Waals surface area (Å²) in [5.41, 5.74) is 1.25. The summed E-state index contributed by atoms with van der Waals surface area (Å²) < 4.78 is 21.3. The molecular weight excluding hydrogens is 463 g/mol. The summed E-state index contributed by atoms with van der Waals surface area (Å²) >= 11 is 6.27. The Morgan fingerprint density at radius 1 is 1.26 bits per heavy atom. The molecule has 34 heavy (non-hydrogen) atoms. The van der Waals surface area contributed by atoms with Crippen molar-refractivity contribution in [1.29, 1.82) is 5.26 Å². The number of carbonyl (C=O) groups is 1. The number of aromatic nitrogens is 5. The number of morpholine rings is 1. The number of amides is 1. The molecule has 2 fully saturated rings. The molecule has 0 saturated carbocycles. The number of hydrogen-bond acceptors (Lipinski definition) is 8. The Hall–Kier alpha value is -3.46. The van der Waals surface area contributed by atoms with Crippen LogP contribution in [0.2, 0.25) is 5.02 Å². The second-order valence-corrected chi connectivity index (χ2v) is 8.58. The first-order valence-corrected chi connectivity index (χ1v) is 11.1. The minimum Gasteiger partial charge on any atom is -0.370 e. The van der Waals surface area contributed by atoms with Crippen LogP contribution in [-0.2, 0) is 16.0 Å². The molecule has 0 radical (unpaired) electrons. The first kappa shape index (κ1) is 22.3. The van der Waals surface area contributed by atoms with Crippen molar-refractivity contribution in [1.82, 2.24) is 35.0 Å². The van der Waals surface area contributed by atoms with E-state index < -0.39 is 5.82 Å². The van der Waals surface area contributed by atoms with Gasteiger partial charge in [0.25, 0.3) is 0 Å². The van der Waals surface area contributed by atoms with Crippen molar-refractivity contribution in [2.45, 2.75) is 18.6 Å². The monoisotopic (exact) mass is 482 g/mol. The molecule has 2 saturated heterocycles. The number of benzene rings is 1. The smallest absolute Gasteiger partial charge is 0.227 e. The first-order valence-electron chi connectivity index (χ1n) is 10.7. The number of hydrogen-bond donors (Lipinski definition) is 0. The van der Waals surface area contributed by atoms with Gasteiger partial charge in [-0.25, -0.2) is 9.37 Å². The molecule has 3 aromatic rings. The fourth-order valence-electron chi connectivity index (χ4n) is 4.33. The SMILES string of the molecule is N#Cc1c(F)ccc([C@H]2CN3CCN(C(=O)Cc4ccc(-n5cnnn5)nc4)C[C@H]3CO2)c1Cl. The van der Waals surface area contributed by atoms with Crippen molar-refractivity contribution in [3.63, 3.8) is 0 Å². The summed E-state index contributed by atoms with van der Waals surface area (Å²) in [6.07, 6.45) is 3.00. The quantitative estimate of drug-likeness (QED) is 0.550. The summed E-state index contributed by atoms with van der Waals surface area (Å²) in [6, 6.07) is 8.30. The van der Waals surface area contributed by atoms with Crippen LogP contribution in [0, 0.1) is 17.1 Å². The summed E-state index contributed by atoms with van der Waals surface area (Å²) in [6.45, 7) is 2.81. The van der Waals surface area contributed by atoms with Gasteiger partial charge in [-0.1, -0.05) is 23.7 Å². The number of halogens is 2. The predicted molar refractivity (Wildman–Crippen MR) is 117 cm³/mol. The molecule has 0 bridgehead atoms. The predicted octanol–water partition coefficient (Wildman–Crippen LogP) is 1.55. The Morgan fingerprint density at radius 2 is 2.15 bits per heavy atom. The van der Waals surface area contributed by atoms with E-state index in [1.54, 1.807) is 18.3 Å². The number of carbonyl (C=O) groups excluding carboxylic acids is 1. The van der Waals surface area contributed by atoms with Gasteiger partial charge in [0.2, 0.25) is 5.91 Å². The number of ether oxygens (including phenoxy) is 1. The Morgan fingerprint density at radius 3 is 2.88 bits per heavy atom. The second-order valence-electron chi connectivity index (χ2n) is 8.20. The Bertz CT molecular complexity index is 1230. The Balaban J connectivity index is 1.19. The summed E-state index contributed by atoms with van der Waals surface area (Å²) in [5, 5.41) is 20.2. The fourth-order valence-corrected chi connectivity index (χ4v) is 4.65. The largest absolute Gasteiger partial charge is 0.370 e. The summed E-state index contributed by atoms with van der Waals surface area (Å²) in [7, 11) is 0. The summed E-state index contributed by atoms with van der Waals surface area (Å²) in [4.78, 5) is 21.3. The highest BCUT2D eigenvalue weighted by Gasteiger charge is 2.36. The number of nitrogens with zero attached hydrogens (tertiary/aromatic N) is 8. The van der Waals surface area contributed by atoms with Crippen LogP contribution in [0.15, 0.2) is 36.8 Å². The standard InChI is InChI=1S/C22H20ClFN8O2/c23-22-16(2-3-18(24)17(22)8-25)19-11-30-5-6-31(10-15(30)12-34-19)21(33)7-14-1-4-20(26-9-14)32-13-27-28-29-32/h1-4,9,13,15,19H,5-7,10-12H2/t15-,19+/m0/s1. The molecule has 2 aliphatic rings. The van der Waals surface area contributed by atoms with Gasteiger partial charge in [-0.15, -0.1) is 5.10 Å². The Kier molecular flexibility index (Phi) is 6.19. The maximum atomic E-state index is 13.8. The number of rotatable bonds is 4. The zero-order valence-electron chi connectivity index (χ0n) is 18.0. The van der Waals surface area contributed by atoms with Crippen molar-refractivity contribution in [3.8, 4) is 11.9 Å². The molecule has 2 aliphatic heterocycles. The lowest BCUT2D eigenvalue weighted by atomic mass is 10.0. The minimum absolute atomic E-state index is 0.0268. The van der Waals surface area contributed by atoms with E-state index in [1.807, 2.05) is 17.0 Å². The highest BCUT2D eigenvalue weighted by Crippen LogP contribution is 2.34. The molecular formula is C22H20ClFN8O2. The van der Waals surface area contributed by atoms with E-state index in [-0.39, 0.29) is 35.1 Å². The van der Waals surface area contributed by atoms with Crippen molar-refractivity contribution in [2.24, 2.45) is 0 Å². The van der Waals surface area contributed by atoms with Gasteiger partial charge in [-0.05, 0) is 28.1 Å². The molecule has 0 spiro atoms. The van der Waals surface area contributed by atoms with Crippen LogP contribution >= 0.6 is 11.6 Å². The molecule has 2 aromatic heterocycles. The fraction of sp³-hybridized carbons (Fsp3) is 0.364. The Labute approximate surface area is 199 Å². The second kappa shape index (κ2) is 9.42. The lowest BCUT2D eigenvalue weighted by molar-refractivity contribution is -0.139. The molecule has 0 unspecified atom stereocenters. The van der Waals surface area contributed by atoms with Gasteiger partial charge in [-0.3, -0.25) is 9.69 Å². The van der Waals surface area contributed by atoms with Gasteiger partial charge in [-0.2, -0.15) is 9.94 Å². The number of tetrazole rings is 1. The van der Waals surface area contributed by atoms with Crippen LogP contribution in [0.1, 0.15) is 22.8 Å². The lowest BCUT2D eigenvalue weighted by Crippen LogP contribution is -2.59. The van der Waals surface area contributed by atoms with E-state index in [2.05, 4.69) is 25.4 Å². The number of piperazine rings is 1. The number of nitriles is 1. The third-order valence-electron chi connectivity index (χ3n) is 6.18. The zero-order valence-corrected chi connectivity index (χ0v) is 18.8. The van der Waals surface area contributed by atoms with Crippen molar-refractivity contribution < 1.29 is 13.9 Å². The van der Waals surface area contributed by atoms with E-state index in [0.29, 0.717) is 44.2 Å². The van der Waals surface area contributed by atoms with Gasteiger partial charge in [0, 0.05) is 37.9 Å². The van der Waals surface area contributed by atoms with Crippen LogP contribution in [0.25, 0.3) is 5.82 Å². The topological polar surface area (TPSA) is 113 Å². The van der Waals surface area contributed by atoms with Gasteiger partial charge < -0.3 is 9.64 Å². The van der Waals surface area contributed by atoms with E-state index in [4.69, 9.17) is 16.3 Å². The van der Waals surface area contributed by atoms with Crippen molar-refractivity contribution in [3.05, 3.63) is 64.3 Å².